The van der Waals surface area contributed by atoms with E-state index in [1.165, 1.54) is 0 Å². The first-order chi connectivity index (χ1) is 9.26. The molecule has 0 amide bonds. The molecule has 19 heavy (non-hydrogen) atoms. The van der Waals surface area contributed by atoms with E-state index in [1.54, 1.807) is 17.0 Å². The number of hydrogen-bond acceptors (Lipinski definition) is 4. The van der Waals surface area contributed by atoms with Gasteiger partial charge in [-0.05, 0) is 18.1 Å². The topological polar surface area (TPSA) is 72.9 Å². The third-order valence-corrected chi connectivity index (χ3v) is 3.04. The van der Waals surface area contributed by atoms with Crippen molar-refractivity contribution in [3.05, 3.63) is 58.1 Å². The molecule has 0 aliphatic heterocycles. The van der Waals surface area contributed by atoms with Crippen LogP contribution in [0.4, 0.5) is 5.82 Å². The lowest BCUT2D eigenvalue weighted by Crippen LogP contribution is -2.23. The average Bonchev–Trinajstić information content (AvgIpc) is 2.46. The van der Waals surface area contributed by atoms with Crippen molar-refractivity contribution in [3.63, 3.8) is 0 Å². The number of hydrogen-bond donors (Lipinski definition) is 2. The van der Waals surface area contributed by atoms with E-state index in [0.717, 1.165) is 11.1 Å². The molecule has 1 aromatic carbocycles. The molecule has 3 N–H and O–H groups in total. The number of aryl methyl sites for hydroxylation is 1. The minimum absolute atomic E-state index is 0.102. The van der Waals surface area contributed by atoms with E-state index in [4.69, 9.17) is 5.73 Å². The molecule has 0 aliphatic rings. The molecule has 0 aliphatic carbocycles. The Labute approximate surface area is 112 Å². The fraction of sp³-hybridized carbons (Fsp3) is 0.286. The molecule has 0 atom stereocenters. The van der Waals surface area contributed by atoms with Gasteiger partial charge in [-0.25, -0.2) is 4.98 Å². The molecule has 0 saturated carbocycles. The van der Waals surface area contributed by atoms with E-state index in [0.29, 0.717) is 25.5 Å². The lowest BCUT2D eigenvalue weighted by Gasteiger charge is -2.10. The molecule has 2 aromatic rings. The van der Waals surface area contributed by atoms with Crippen LogP contribution in [-0.2, 0) is 19.6 Å². The molecule has 5 heteroatoms. The van der Waals surface area contributed by atoms with Gasteiger partial charge in [0.15, 0.2) is 5.82 Å². The molecule has 2 rings (SSSR count). The van der Waals surface area contributed by atoms with Crippen LogP contribution in [0.1, 0.15) is 18.1 Å². The zero-order valence-electron chi connectivity index (χ0n) is 11.0. The van der Waals surface area contributed by atoms with Crippen molar-refractivity contribution in [1.82, 2.24) is 9.55 Å². The van der Waals surface area contributed by atoms with E-state index >= 15 is 0 Å². The number of nitrogens with zero attached hydrogens (tertiary/aromatic N) is 2. The van der Waals surface area contributed by atoms with Gasteiger partial charge in [0.1, 0.15) is 0 Å². The fourth-order valence-electron chi connectivity index (χ4n) is 1.93. The normalized spacial score (nSPS) is 10.4. The number of nitrogens with one attached hydrogen (secondary N) is 1. The van der Waals surface area contributed by atoms with Crippen molar-refractivity contribution in [1.29, 1.82) is 0 Å². The van der Waals surface area contributed by atoms with Crippen LogP contribution in [0.15, 0.2) is 41.5 Å². The minimum Gasteiger partial charge on any atom is -0.361 e. The van der Waals surface area contributed by atoms with Crippen molar-refractivity contribution in [2.24, 2.45) is 5.73 Å². The molecule has 0 radical (unpaired) electrons. The van der Waals surface area contributed by atoms with Crippen molar-refractivity contribution in [2.75, 3.05) is 5.32 Å². The zero-order valence-corrected chi connectivity index (χ0v) is 11.0. The third-order valence-electron chi connectivity index (χ3n) is 3.04. The smallest absolute Gasteiger partial charge is 0.293 e. The first kappa shape index (κ1) is 13.3. The first-order valence-electron chi connectivity index (χ1n) is 6.32. The van der Waals surface area contributed by atoms with Crippen LogP contribution in [-0.4, -0.2) is 9.55 Å². The second kappa shape index (κ2) is 6.15. The van der Waals surface area contributed by atoms with Crippen LogP contribution in [0.5, 0.6) is 0 Å². The summed E-state index contributed by atoms with van der Waals surface area (Å²) >= 11 is 0. The van der Waals surface area contributed by atoms with E-state index in [-0.39, 0.29) is 5.56 Å². The summed E-state index contributed by atoms with van der Waals surface area (Å²) in [4.78, 5) is 16.1. The third kappa shape index (κ3) is 3.00. The summed E-state index contributed by atoms with van der Waals surface area (Å²) in [6.45, 7) is 3.59. The summed E-state index contributed by atoms with van der Waals surface area (Å²) in [6.07, 6.45) is 3.31. The Balaban J connectivity index is 2.17. The molecule has 0 fully saturated rings. The van der Waals surface area contributed by atoms with Crippen molar-refractivity contribution < 1.29 is 0 Å². The van der Waals surface area contributed by atoms with Crippen LogP contribution in [0.25, 0.3) is 0 Å². The van der Waals surface area contributed by atoms with Crippen LogP contribution in [0, 0.1) is 0 Å². The Morgan fingerprint density at radius 3 is 2.74 bits per heavy atom. The van der Waals surface area contributed by atoms with Crippen molar-refractivity contribution in [2.45, 2.75) is 26.6 Å². The van der Waals surface area contributed by atoms with Gasteiger partial charge in [-0.2, -0.15) is 0 Å². The number of nitrogens with two attached hydrogens (primary N) is 1. The Bertz CT molecular complexity index is 606. The van der Waals surface area contributed by atoms with E-state index in [1.807, 2.05) is 31.2 Å². The average molecular weight is 258 g/mol. The number of benzene rings is 1. The Morgan fingerprint density at radius 2 is 2.05 bits per heavy atom. The van der Waals surface area contributed by atoms with E-state index in [2.05, 4.69) is 10.3 Å². The van der Waals surface area contributed by atoms with Crippen molar-refractivity contribution in [3.8, 4) is 0 Å². The summed E-state index contributed by atoms with van der Waals surface area (Å²) in [5, 5.41) is 3.08. The van der Waals surface area contributed by atoms with Gasteiger partial charge in [-0.15, -0.1) is 0 Å². The summed E-state index contributed by atoms with van der Waals surface area (Å²) in [6, 6.07) is 7.89. The Kier molecular flexibility index (Phi) is 4.30. The summed E-state index contributed by atoms with van der Waals surface area (Å²) in [7, 11) is 0. The summed E-state index contributed by atoms with van der Waals surface area (Å²) < 4.78 is 1.62. The van der Waals surface area contributed by atoms with Crippen molar-refractivity contribution >= 4 is 5.82 Å². The van der Waals surface area contributed by atoms with Gasteiger partial charge in [-0.3, -0.25) is 4.79 Å². The lowest BCUT2D eigenvalue weighted by atomic mass is 10.1. The van der Waals surface area contributed by atoms with Gasteiger partial charge in [0.05, 0.1) is 0 Å². The molecule has 5 nitrogen and oxygen atoms in total. The maximum Gasteiger partial charge on any atom is 0.293 e. The Hall–Kier alpha value is -2.14. The second-order valence-corrected chi connectivity index (χ2v) is 4.19. The van der Waals surface area contributed by atoms with Gasteiger partial charge in [0.2, 0.25) is 0 Å². The monoisotopic (exact) mass is 258 g/mol. The number of rotatable bonds is 5. The first-order valence-corrected chi connectivity index (χ1v) is 6.32. The Morgan fingerprint density at radius 1 is 1.32 bits per heavy atom. The SMILES string of the molecule is CCn1ccnc(NCc2ccccc2CN)c1=O. The lowest BCUT2D eigenvalue weighted by molar-refractivity contribution is 0.718. The van der Waals surface area contributed by atoms with Crippen LogP contribution in [0.3, 0.4) is 0 Å². The molecule has 0 spiro atoms. The standard InChI is InChI=1S/C14H18N4O/c1-2-18-8-7-16-13(14(18)19)17-10-12-6-4-3-5-11(12)9-15/h3-8H,2,9-10,15H2,1H3,(H,16,17). The second-order valence-electron chi connectivity index (χ2n) is 4.19. The van der Waals surface area contributed by atoms with Gasteiger partial charge >= 0.3 is 0 Å². The highest BCUT2D eigenvalue weighted by Gasteiger charge is 2.05. The highest BCUT2D eigenvalue weighted by atomic mass is 16.1. The van der Waals surface area contributed by atoms with Gasteiger partial charge in [0, 0.05) is 32.0 Å². The molecular formula is C14H18N4O. The fourth-order valence-corrected chi connectivity index (χ4v) is 1.93. The predicted octanol–water partition coefficient (Wildman–Crippen LogP) is 1.33. The summed E-state index contributed by atoms with van der Waals surface area (Å²) in [5.74, 6) is 0.371. The largest absolute Gasteiger partial charge is 0.361 e. The molecule has 1 aromatic heterocycles. The minimum atomic E-state index is -0.102. The molecule has 100 valence electrons. The van der Waals surface area contributed by atoms with E-state index in [9.17, 15) is 4.79 Å². The molecular weight excluding hydrogens is 240 g/mol. The highest BCUT2D eigenvalue weighted by molar-refractivity contribution is 5.35. The molecule has 0 bridgehead atoms. The van der Waals surface area contributed by atoms with Crippen LogP contribution in [0.2, 0.25) is 0 Å². The quantitative estimate of drug-likeness (QED) is 0.848. The number of anilines is 1. The van der Waals surface area contributed by atoms with E-state index < -0.39 is 0 Å². The van der Waals surface area contributed by atoms with Gasteiger partial charge in [-0.1, -0.05) is 24.3 Å². The van der Waals surface area contributed by atoms with Gasteiger partial charge < -0.3 is 15.6 Å². The molecule has 0 saturated heterocycles. The molecule has 0 unspecified atom stereocenters. The zero-order chi connectivity index (χ0) is 13.7. The van der Waals surface area contributed by atoms with Gasteiger partial charge in [0.25, 0.3) is 5.56 Å². The van der Waals surface area contributed by atoms with Crippen LogP contribution < -0.4 is 16.6 Å². The number of aromatic nitrogens is 2. The highest BCUT2D eigenvalue weighted by Crippen LogP contribution is 2.09. The maximum atomic E-state index is 12.0. The summed E-state index contributed by atoms with van der Waals surface area (Å²) in [5.41, 5.74) is 7.74. The predicted molar refractivity (Wildman–Crippen MR) is 75.8 cm³/mol. The van der Waals surface area contributed by atoms with Crippen LogP contribution >= 0.6 is 0 Å². The molecule has 1 heterocycles. The maximum absolute atomic E-state index is 12.0.